The Hall–Kier alpha value is -2.13. The van der Waals surface area contributed by atoms with E-state index in [9.17, 15) is 9.90 Å². The van der Waals surface area contributed by atoms with Crippen LogP contribution in [0, 0.1) is 0 Å². The van der Waals surface area contributed by atoms with E-state index in [1.807, 2.05) is 42.5 Å². The zero-order chi connectivity index (χ0) is 15.5. The lowest BCUT2D eigenvalue weighted by Crippen LogP contribution is -2.24. The topological polar surface area (TPSA) is 46.5 Å². The van der Waals surface area contributed by atoms with Crippen LogP contribution in [-0.4, -0.2) is 17.7 Å². The van der Waals surface area contributed by atoms with E-state index in [-0.39, 0.29) is 6.61 Å². The van der Waals surface area contributed by atoms with Crippen molar-refractivity contribution in [3.05, 3.63) is 60.2 Å². The minimum atomic E-state index is -1.04. The summed E-state index contributed by atoms with van der Waals surface area (Å²) in [7, 11) is 0. The van der Waals surface area contributed by atoms with E-state index in [4.69, 9.17) is 4.74 Å². The summed E-state index contributed by atoms with van der Waals surface area (Å²) < 4.78 is 5.05. The molecule has 0 heterocycles. The van der Waals surface area contributed by atoms with Crippen molar-refractivity contribution in [3.63, 3.8) is 0 Å². The van der Waals surface area contributed by atoms with Crippen LogP contribution in [0.2, 0.25) is 0 Å². The van der Waals surface area contributed by atoms with Gasteiger partial charge in [0.1, 0.15) is 0 Å². The van der Waals surface area contributed by atoms with Crippen LogP contribution in [0.3, 0.4) is 0 Å². The summed E-state index contributed by atoms with van der Waals surface area (Å²) in [6, 6.07) is 13.9. The van der Waals surface area contributed by atoms with Crippen LogP contribution in [0.4, 0.5) is 0 Å². The van der Waals surface area contributed by atoms with E-state index in [1.54, 1.807) is 13.8 Å². The van der Waals surface area contributed by atoms with Gasteiger partial charge in [0.25, 0.3) is 0 Å². The van der Waals surface area contributed by atoms with Gasteiger partial charge >= 0.3 is 5.97 Å². The van der Waals surface area contributed by atoms with Gasteiger partial charge in [0.2, 0.25) is 0 Å². The molecule has 1 atom stereocenters. The highest BCUT2D eigenvalue weighted by Gasteiger charge is 2.23. The summed E-state index contributed by atoms with van der Waals surface area (Å²) in [4.78, 5) is 11.3. The van der Waals surface area contributed by atoms with Crippen molar-refractivity contribution in [2.24, 2.45) is 0 Å². The molecule has 21 heavy (non-hydrogen) atoms. The molecule has 0 amide bonds. The first-order valence-corrected chi connectivity index (χ1v) is 6.94. The largest absolute Gasteiger partial charge is 0.462 e. The molecule has 3 nitrogen and oxygen atoms in total. The van der Waals surface area contributed by atoms with Gasteiger partial charge in [-0.15, -0.1) is 0 Å². The minimum Gasteiger partial charge on any atom is -0.462 e. The molecular formula is C18H20O3. The Labute approximate surface area is 124 Å². The average Bonchev–Trinajstić information content (AvgIpc) is 2.46. The highest BCUT2D eigenvalue weighted by Crippen LogP contribution is 2.27. The Balaban J connectivity index is 2.10. The quantitative estimate of drug-likeness (QED) is 0.674. The highest BCUT2D eigenvalue weighted by atomic mass is 16.5. The van der Waals surface area contributed by atoms with Crippen LogP contribution in [0.5, 0.6) is 0 Å². The van der Waals surface area contributed by atoms with Crippen molar-refractivity contribution in [3.8, 4) is 0 Å². The fraction of sp³-hybridized carbons (Fsp3) is 0.278. The van der Waals surface area contributed by atoms with E-state index in [1.165, 1.54) is 0 Å². The van der Waals surface area contributed by atoms with Gasteiger partial charge < -0.3 is 9.84 Å². The molecule has 0 aliphatic rings. The zero-order valence-electron chi connectivity index (χ0n) is 12.4. The maximum absolute atomic E-state index is 11.3. The van der Waals surface area contributed by atoms with Crippen LogP contribution in [0.25, 0.3) is 10.8 Å². The Kier molecular flexibility index (Phi) is 4.43. The number of carbonyl (C=O) groups excluding carboxylic acids is 1. The third kappa shape index (κ3) is 3.70. The molecule has 2 aromatic rings. The SMILES string of the molecule is C=C(C)C(=O)OCCC(C)(O)c1ccc2ccccc2c1. The number of carbonyl (C=O) groups is 1. The molecular weight excluding hydrogens is 264 g/mol. The van der Waals surface area contributed by atoms with Gasteiger partial charge in [-0.2, -0.15) is 0 Å². The van der Waals surface area contributed by atoms with Crippen molar-refractivity contribution in [1.82, 2.24) is 0 Å². The monoisotopic (exact) mass is 284 g/mol. The van der Waals surface area contributed by atoms with Crippen molar-refractivity contribution in [2.45, 2.75) is 25.9 Å². The van der Waals surface area contributed by atoms with E-state index >= 15 is 0 Å². The summed E-state index contributed by atoms with van der Waals surface area (Å²) >= 11 is 0. The molecule has 2 rings (SSSR count). The van der Waals surface area contributed by atoms with Gasteiger partial charge in [0.15, 0.2) is 0 Å². The third-order valence-electron chi connectivity index (χ3n) is 3.54. The maximum atomic E-state index is 11.3. The summed E-state index contributed by atoms with van der Waals surface area (Å²) in [5, 5.41) is 12.8. The Bertz CT molecular complexity index is 671. The number of ether oxygens (including phenoxy) is 1. The first kappa shape index (κ1) is 15.3. The lowest BCUT2D eigenvalue weighted by molar-refractivity contribution is -0.140. The zero-order valence-corrected chi connectivity index (χ0v) is 12.4. The second-order valence-corrected chi connectivity index (χ2v) is 5.50. The number of hydrogen-bond acceptors (Lipinski definition) is 3. The Morgan fingerprint density at radius 3 is 2.57 bits per heavy atom. The number of fused-ring (bicyclic) bond motifs is 1. The summed E-state index contributed by atoms with van der Waals surface area (Å²) in [5.74, 6) is -0.427. The van der Waals surface area contributed by atoms with Gasteiger partial charge in [-0.1, -0.05) is 43.0 Å². The third-order valence-corrected chi connectivity index (χ3v) is 3.54. The van der Waals surface area contributed by atoms with Gasteiger partial charge in [0.05, 0.1) is 12.2 Å². The van der Waals surface area contributed by atoms with Crippen LogP contribution in [0.1, 0.15) is 25.8 Å². The summed E-state index contributed by atoms with van der Waals surface area (Å²) in [6.45, 7) is 7.01. The first-order valence-electron chi connectivity index (χ1n) is 6.94. The minimum absolute atomic E-state index is 0.158. The highest BCUT2D eigenvalue weighted by molar-refractivity contribution is 5.87. The van der Waals surface area contributed by atoms with E-state index in [0.29, 0.717) is 12.0 Å². The molecule has 0 fully saturated rings. The molecule has 2 aromatic carbocycles. The molecule has 0 radical (unpaired) electrons. The van der Waals surface area contributed by atoms with Crippen molar-refractivity contribution in [2.75, 3.05) is 6.61 Å². The van der Waals surface area contributed by atoms with Gasteiger partial charge in [-0.3, -0.25) is 0 Å². The summed E-state index contributed by atoms with van der Waals surface area (Å²) in [6.07, 6.45) is 0.338. The van der Waals surface area contributed by atoms with Crippen LogP contribution >= 0.6 is 0 Å². The van der Waals surface area contributed by atoms with Gasteiger partial charge in [-0.25, -0.2) is 4.79 Å². The van der Waals surface area contributed by atoms with Crippen molar-refractivity contribution < 1.29 is 14.6 Å². The molecule has 0 aliphatic heterocycles. The average molecular weight is 284 g/mol. The lowest BCUT2D eigenvalue weighted by atomic mass is 9.91. The van der Waals surface area contributed by atoms with E-state index < -0.39 is 11.6 Å². The number of benzene rings is 2. The number of hydrogen-bond donors (Lipinski definition) is 1. The van der Waals surface area contributed by atoms with Crippen molar-refractivity contribution in [1.29, 1.82) is 0 Å². The number of esters is 1. The second-order valence-electron chi connectivity index (χ2n) is 5.50. The van der Waals surface area contributed by atoms with Crippen LogP contribution < -0.4 is 0 Å². The molecule has 0 aliphatic carbocycles. The van der Waals surface area contributed by atoms with Crippen molar-refractivity contribution >= 4 is 16.7 Å². The normalized spacial score (nSPS) is 13.7. The fourth-order valence-electron chi connectivity index (χ4n) is 2.13. The second kappa shape index (κ2) is 6.10. The smallest absolute Gasteiger partial charge is 0.333 e. The summed E-state index contributed by atoms with van der Waals surface area (Å²) in [5.41, 5.74) is 0.132. The first-order chi connectivity index (χ1) is 9.90. The lowest BCUT2D eigenvalue weighted by Gasteiger charge is -2.24. The molecule has 110 valence electrons. The number of aliphatic hydroxyl groups is 1. The predicted molar refractivity (Wildman–Crippen MR) is 83.9 cm³/mol. The van der Waals surface area contributed by atoms with Crippen LogP contribution in [-0.2, 0) is 15.1 Å². The fourth-order valence-corrected chi connectivity index (χ4v) is 2.13. The van der Waals surface area contributed by atoms with E-state index in [0.717, 1.165) is 16.3 Å². The van der Waals surface area contributed by atoms with Crippen LogP contribution in [0.15, 0.2) is 54.6 Å². The Morgan fingerprint density at radius 1 is 1.24 bits per heavy atom. The standard InChI is InChI=1S/C18H20O3/c1-13(2)17(19)21-11-10-18(3,20)16-9-8-14-6-4-5-7-15(14)12-16/h4-9,12,20H,1,10-11H2,2-3H3. The molecule has 0 aromatic heterocycles. The molecule has 1 N–H and O–H groups in total. The molecule has 0 saturated carbocycles. The number of rotatable bonds is 5. The predicted octanol–water partition coefficient (Wildman–Crippen LogP) is 3.56. The molecule has 3 heteroatoms. The van der Waals surface area contributed by atoms with Gasteiger partial charge in [-0.05, 0) is 36.2 Å². The maximum Gasteiger partial charge on any atom is 0.333 e. The molecule has 1 unspecified atom stereocenters. The molecule has 0 bridgehead atoms. The Morgan fingerprint density at radius 2 is 1.90 bits per heavy atom. The molecule has 0 spiro atoms. The van der Waals surface area contributed by atoms with E-state index in [2.05, 4.69) is 6.58 Å². The molecule has 0 saturated heterocycles. The van der Waals surface area contributed by atoms with Gasteiger partial charge in [0, 0.05) is 12.0 Å².